The van der Waals surface area contributed by atoms with Crippen LogP contribution in [0.2, 0.25) is 0 Å². The summed E-state index contributed by atoms with van der Waals surface area (Å²) >= 11 is 0. The molecular formula is C15H21N7O. The number of rotatable bonds is 3. The highest BCUT2D eigenvalue weighted by Gasteiger charge is 2.31. The number of amides is 1. The molecule has 0 bridgehead atoms. The molecule has 1 amide bonds. The second-order valence-corrected chi connectivity index (χ2v) is 5.58. The molecule has 2 N–H and O–H groups in total. The first-order valence-electron chi connectivity index (χ1n) is 7.62. The third-order valence-corrected chi connectivity index (χ3v) is 3.96. The Bertz CT molecular complexity index is 712. The first kappa shape index (κ1) is 15.4. The first-order chi connectivity index (χ1) is 11.1. The van der Waals surface area contributed by atoms with E-state index in [9.17, 15) is 4.79 Å². The van der Waals surface area contributed by atoms with E-state index in [0.29, 0.717) is 24.7 Å². The lowest BCUT2D eigenvalue weighted by molar-refractivity contribution is 0.0614. The van der Waals surface area contributed by atoms with Gasteiger partial charge in [-0.1, -0.05) is 0 Å². The highest BCUT2D eigenvalue weighted by Crippen LogP contribution is 2.22. The van der Waals surface area contributed by atoms with Crippen molar-refractivity contribution >= 4 is 11.9 Å². The second kappa shape index (κ2) is 6.33. The average molecular weight is 315 g/mol. The van der Waals surface area contributed by atoms with Crippen molar-refractivity contribution in [2.24, 2.45) is 7.05 Å². The minimum atomic E-state index is -0.107. The molecule has 1 saturated heterocycles. The molecule has 0 spiro atoms. The molecule has 8 nitrogen and oxygen atoms in total. The number of hydrogen-bond donors (Lipinski definition) is 2. The van der Waals surface area contributed by atoms with Crippen molar-refractivity contribution < 1.29 is 4.79 Å². The number of nitrogens with one attached hydrogen (secondary N) is 2. The van der Waals surface area contributed by atoms with E-state index in [1.54, 1.807) is 19.3 Å². The van der Waals surface area contributed by atoms with Crippen LogP contribution in [0.1, 0.15) is 28.0 Å². The van der Waals surface area contributed by atoms with E-state index < -0.39 is 0 Å². The predicted octanol–water partition coefficient (Wildman–Crippen LogP) is 0.347. The molecule has 0 saturated carbocycles. The Morgan fingerprint density at radius 3 is 2.96 bits per heavy atom. The maximum absolute atomic E-state index is 13.0. The molecule has 2 aromatic heterocycles. The molecule has 1 fully saturated rings. The van der Waals surface area contributed by atoms with Gasteiger partial charge in [-0.2, -0.15) is 0 Å². The zero-order chi connectivity index (χ0) is 16.4. The minimum Gasteiger partial charge on any atom is -0.357 e. The van der Waals surface area contributed by atoms with Gasteiger partial charge in [0.2, 0.25) is 5.95 Å². The molecule has 1 aliphatic heterocycles. The van der Waals surface area contributed by atoms with Crippen molar-refractivity contribution in [1.29, 1.82) is 0 Å². The van der Waals surface area contributed by atoms with Gasteiger partial charge < -0.3 is 20.1 Å². The fourth-order valence-corrected chi connectivity index (χ4v) is 2.81. The summed E-state index contributed by atoms with van der Waals surface area (Å²) in [4.78, 5) is 27.8. The van der Waals surface area contributed by atoms with Crippen LogP contribution in [0.5, 0.6) is 0 Å². The molecule has 8 heteroatoms. The summed E-state index contributed by atoms with van der Waals surface area (Å²) in [7, 11) is 3.68. The molecule has 0 aliphatic carbocycles. The zero-order valence-corrected chi connectivity index (χ0v) is 13.6. The maximum atomic E-state index is 13.0. The summed E-state index contributed by atoms with van der Waals surface area (Å²) in [5.41, 5.74) is 1.17. The summed E-state index contributed by atoms with van der Waals surface area (Å²) in [6.07, 6.45) is 3.64. The molecule has 1 unspecified atom stereocenters. The maximum Gasteiger partial charge on any atom is 0.273 e. The van der Waals surface area contributed by atoms with Crippen LogP contribution in [0.4, 0.5) is 5.95 Å². The molecule has 122 valence electrons. The van der Waals surface area contributed by atoms with Crippen molar-refractivity contribution in [2.45, 2.75) is 13.0 Å². The summed E-state index contributed by atoms with van der Waals surface area (Å²) in [5.74, 6) is 1.23. The van der Waals surface area contributed by atoms with E-state index in [-0.39, 0.29) is 11.9 Å². The monoisotopic (exact) mass is 315 g/mol. The van der Waals surface area contributed by atoms with Crippen LogP contribution in [0.3, 0.4) is 0 Å². The van der Waals surface area contributed by atoms with E-state index in [2.05, 4.69) is 25.6 Å². The van der Waals surface area contributed by atoms with Gasteiger partial charge in [-0.3, -0.25) is 4.79 Å². The first-order valence-corrected chi connectivity index (χ1v) is 7.62. The number of aromatic nitrogens is 4. The van der Waals surface area contributed by atoms with Crippen LogP contribution >= 0.6 is 0 Å². The summed E-state index contributed by atoms with van der Waals surface area (Å²) in [5, 5.41) is 6.22. The van der Waals surface area contributed by atoms with Crippen molar-refractivity contribution in [3.8, 4) is 0 Å². The molecule has 1 atom stereocenters. The quantitative estimate of drug-likeness (QED) is 0.849. The normalized spacial score (nSPS) is 18.0. The third-order valence-electron chi connectivity index (χ3n) is 3.96. The number of nitrogens with zero attached hydrogens (tertiary/aromatic N) is 5. The van der Waals surface area contributed by atoms with Crippen LogP contribution in [-0.2, 0) is 7.05 Å². The fraction of sp³-hybridized carbons (Fsp3) is 0.467. The van der Waals surface area contributed by atoms with E-state index in [0.717, 1.165) is 18.1 Å². The van der Waals surface area contributed by atoms with Crippen LogP contribution in [-0.4, -0.2) is 57.0 Å². The largest absolute Gasteiger partial charge is 0.357 e. The Morgan fingerprint density at radius 2 is 2.26 bits per heavy atom. The van der Waals surface area contributed by atoms with E-state index in [1.165, 1.54) is 0 Å². The lowest BCUT2D eigenvalue weighted by Crippen LogP contribution is -2.49. The predicted molar refractivity (Wildman–Crippen MR) is 86.2 cm³/mol. The van der Waals surface area contributed by atoms with Gasteiger partial charge in [-0.05, 0) is 13.0 Å². The highest BCUT2D eigenvalue weighted by molar-refractivity contribution is 5.93. The number of hydrogen-bond acceptors (Lipinski definition) is 6. The van der Waals surface area contributed by atoms with Crippen LogP contribution in [0, 0.1) is 6.92 Å². The summed E-state index contributed by atoms with van der Waals surface area (Å²) in [6.45, 7) is 3.91. The number of anilines is 1. The number of piperazine rings is 1. The van der Waals surface area contributed by atoms with Crippen molar-refractivity contribution in [2.75, 3.05) is 32.0 Å². The molecule has 2 aromatic rings. The van der Waals surface area contributed by atoms with Crippen molar-refractivity contribution in [1.82, 2.24) is 29.7 Å². The molecule has 23 heavy (non-hydrogen) atoms. The van der Waals surface area contributed by atoms with E-state index in [4.69, 9.17) is 0 Å². The van der Waals surface area contributed by atoms with Gasteiger partial charge in [0.1, 0.15) is 17.6 Å². The topological polar surface area (TPSA) is 88.0 Å². The lowest BCUT2D eigenvalue weighted by Gasteiger charge is -2.35. The standard InChI is InChI=1S/C15H21N7O/c1-10-8-11(20-15(16-2)19-10)14(23)22-7-4-17-9-12(22)13-18-5-6-21(13)3/h5-6,8,12,17H,4,7,9H2,1-3H3,(H,16,19,20). The van der Waals surface area contributed by atoms with Crippen molar-refractivity contribution in [3.05, 3.63) is 35.7 Å². The highest BCUT2D eigenvalue weighted by atomic mass is 16.2. The van der Waals surface area contributed by atoms with Gasteiger partial charge in [0, 0.05) is 51.8 Å². The SMILES string of the molecule is CNc1nc(C)cc(C(=O)N2CCNCC2c2nccn2C)n1. The Labute approximate surface area is 135 Å². The lowest BCUT2D eigenvalue weighted by atomic mass is 10.1. The van der Waals surface area contributed by atoms with Gasteiger partial charge in [0.25, 0.3) is 5.91 Å². The molecule has 0 aromatic carbocycles. The zero-order valence-electron chi connectivity index (χ0n) is 13.6. The van der Waals surface area contributed by atoms with Crippen LogP contribution < -0.4 is 10.6 Å². The molecule has 3 rings (SSSR count). The summed E-state index contributed by atoms with van der Waals surface area (Å²) in [6, 6.07) is 1.62. The van der Waals surface area contributed by atoms with E-state index >= 15 is 0 Å². The Hall–Kier alpha value is -2.48. The Morgan fingerprint density at radius 1 is 1.43 bits per heavy atom. The Kier molecular flexibility index (Phi) is 4.24. The average Bonchev–Trinajstić information content (AvgIpc) is 2.99. The number of carbonyl (C=O) groups is 1. The van der Waals surface area contributed by atoms with Gasteiger partial charge in [-0.15, -0.1) is 0 Å². The van der Waals surface area contributed by atoms with Gasteiger partial charge in [0.15, 0.2) is 0 Å². The van der Waals surface area contributed by atoms with E-state index in [1.807, 2.05) is 29.6 Å². The molecule has 0 radical (unpaired) electrons. The Balaban J connectivity index is 1.93. The van der Waals surface area contributed by atoms with Gasteiger partial charge in [-0.25, -0.2) is 15.0 Å². The second-order valence-electron chi connectivity index (χ2n) is 5.58. The summed E-state index contributed by atoms with van der Waals surface area (Å²) < 4.78 is 1.95. The number of imidazole rings is 1. The molecule has 1 aliphatic rings. The van der Waals surface area contributed by atoms with Gasteiger partial charge in [0.05, 0.1) is 0 Å². The molecular weight excluding hydrogens is 294 g/mol. The van der Waals surface area contributed by atoms with Crippen molar-refractivity contribution in [3.63, 3.8) is 0 Å². The third kappa shape index (κ3) is 3.02. The van der Waals surface area contributed by atoms with Crippen LogP contribution in [0.15, 0.2) is 18.5 Å². The number of aryl methyl sites for hydroxylation is 2. The fourth-order valence-electron chi connectivity index (χ4n) is 2.81. The minimum absolute atomic E-state index is 0.0958. The van der Waals surface area contributed by atoms with Gasteiger partial charge >= 0.3 is 0 Å². The smallest absolute Gasteiger partial charge is 0.273 e. The molecule has 3 heterocycles. The number of carbonyl (C=O) groups excluding carboxylic acids is 1. The van der Waals surface area contributed by atoms with Crippen LogP contribution in [0.25, 0.3) is 0 Å².